The van der Waals surface area contributed by atoms with Gasteiger partial charge in [-0.2, -0.15) is 5.26 Å². The molecular weight excluding hydrogens is 412 g/mol. The summed E-state index contributed by atoms with van der Waals surface area (Å²) in [6, 6.07) is 16.6. The Morgan fingerprint density at radius 2 is 1.78 bits per heavy atom. The van der Waals surface area contributed by atoms with Gasteiger partial charge in [-0.15, -0.1) is 11.3 Å². The van der Waals surface area contributed by atoms with Crippen molar-refractivity contribution in [3.05, 3.63) is 69.5 Å². The summed E-state index contributed by atoms with van der Waals surface area (Å²) in [5.41, 5.74) is 6.01. The standard InChI is InChI=1S/C28H32N2OS/c1-4-5-6-7-8-9-16-31-25-13-11-23(12-14-25)18-24(19-29)28-30-27(20-32-28)26-15-10-21(2)17-22(26)3/h10-15,17-18,20H,4-9,16H2,1-3H3. The van der Waals surface area contributed by atoms with Crippen molar-refractivity contribution in [3.8, 4) is 23.1 Å². The van der Waals surface area contributed by atoms with Crippen molar-refractivity contribution in [1.29, 1.82) is 5.26 Å². The first-order valence-electron chi connectivity index (χ1n) is 11.5. The molecule has 0 atom stereocenters. The highest BCUT2D eigenvalue weighted by Crippen LogP contribution is 2.29. The van der Waals surface area contributed by atoms with Crippen molar-refractivity contribution < 1.29 is 4.74 Å². The van der Waals surface area contributed by atoms with E-state index >= 15 is 0 Å². The van der Waals surface area contributed by atoms with Gasteiger partial charge in [0, 0.05) is 10.9 Å². The molecule has 0 bridgehead atoms. The monoisotopic (exact) mass is 444 g/mol. The molecule has 0 radical (unpaired) electrons. The van der Waals surface area contributed by atoms with Crippen molar-refractivity contribution in [2.75, 3.05) is 6.61 Å². The van der Waals surface area contributed by atoms with Crippen molar-refractivity contribution >= 4 is 23.0 Å². The summed E-state index contributed by atoms with van der Waals surface area (Å²) in [6.45, 7) is 7.18. The molecule has 3 nitrogen and oxygen atoms in total. The number of thiazole rings is 1. The lowest BCUT2D eigenvalue weighted by Crippen LogP contribution is -1.97. The van der Waals surface area contributed by atoms with E-state index in [-0.39, 0.29) is 0 Å². The van der Waals surface area contributed by atoms with Crippen LogP contribution in [-0.2, 0) is 0 Å². The summed E-state index contributed by atoms with van der Waals surface area (Å²) < 4.78 is 5.86. The Morgan fingerprint density at radius 1 is 1.03 bits per heavy atom. The zero-order valence-corrected chi connectivity index (χ0v) is 20.2. The van der Waals surface area contributed by atoms with E-state index in [0.29, 0.717) is 5.57 Å². The molecule has 0 N–H and O–H groups in total. The molecule has 3 rings (SSSR count). The topological polar surface area (TPSA) is 45.9 Å². The van der Waals surface area contributed by atoms with E-state index in [1.54, 1.807) is 0 Å². The summed E-state index contributed by atoms with van der Waals surface area (Å²) in [5, 5.41) is 12.5. The van der Waals surface area contributed by atoms with Crippen LogP contribution in [-0.4, -0.2) is 11.6 Å². The fraction of sp³-hybridized carbons (Fsp3) is 0.357. The molecule has 0 saturated heterocycles. The van der Waals surface area contributed by atoms with Gasteiger partial charge in [-0.3, -0.25) is 0 Å². The van der Waals surface area contributed by atoms with Crippen LogP contribution < -0.4 is 4.74 Å². The molecule has 0 aliphatic rings. The number of unbranched alkanes of at least 4 members (excludes halogenated alkanes) is 5. The minimum absolute atomic E-state index is 0.576. The van der Waals surface area contributed by atoms with Crippen molar-refractivity contribution in [3.63, 3.8) is 0 Å². The van der Waals surface area contributed by atoms with E-state index < -0.39 is 0 Å². The van der Waals surface area contributed by atoms with Gasteiger partial charge in [-0.05, 0) is 49.6 Å². The van der Waals surface area contributed by atoms with E-state index in [0.717, 1.165) is 40.6 Å². The highest BCUT2D eigenvalue weighted by molar-refractivity contribution is 7.11. The van der Waals surface area contributed by atoms with Gasteiger partial charge < -0.3 is 4.74 Å². The first-order valence-corrected chi connectivity index (χ1v) is 12.4. The predicted octanol–water partition coefficient (Wildman–Crippen LogP) is 8.23. The van der Waals surface area contributed by atoms with Crippen LogP contribution in [0.25, 0.3) is 22.9 Å². The second-order valence-corrected chi connectivity index (χ2v) is 9.07. The van der Waals surface area contributed by atoms with Crippen molar-refractivity contribution in [2.24, 2.45) is 0 Å². The molecular formula is C28H32N2OS. The maximum Gasteiger partial charge on any atom is 0.134 e. The quantitative estimate of drug-likeness (QED) is 0.221. The molecule has 0 saturated carbocycles. The average Bonchev–Trinajstić information content (AvgIpc) is 3.27. The van der Waals surface area contributed by atoms with E-state index in [1.807, 2.05) is 35.7 Å². The van der Waals surface area contributed by atoms with Crippen LogP contribution in [0.15, 0.2) is 47.8 Å². The maximum atomic E-state index is 9.71. The van der Waals surface area contributed by atoms with Crippen LogP contribution in [0.1, 0.15) is 67.1 Å². The highest BCUT2D eigenvalue weighted by atomic mass is 32.1. The highest BCUT2D eigenvalue weighted by Gasteiger charge is 2.11. The lowest BCUT2D eigenvalue weighted by atomic mass is 10.0. The number of hydrogen-bond donors (Lipinski definition) is 0. The summed E-state index contributed by atoms with van der Waals surface area (Å²) in [7, 11) is 0. The number of ether oxygens (including phenoxy) is 1. The summed E-state index contributed by atoms with van der Waals surface area (Å²) in [5.74, 6) is 0.876. The second kappa shape index (κ2) is 12.2. The average molecular weight is 445 g/mol. The molecule has 1 heterocycles. The number of nitriles is 1. The molecule has 2 aromatic carbocycles. The van der Waals surface area contributed by atoms with Gasteiger partial charge in [0.2, 0.25) is 0 Å². The molecule has 0 fully saturated rings. The predicted molar refractivity (Wildman–Crippen MR) is 136 cm³/mol. The Labute approximate surface area is 196 Å². The largest absolute Gasteiger partial charge is 0.494 e. The molecule has 0 unspecified atom stereocenters. The van der Waals surface area contributed by atoms with Crippen LogP contribution in [0.5, 0.6) is 5.75 Å². The molecule has 32 heavy (non-hydrogen) atoms. The lowest BCUT2D eigenvalue weighted by molar-refractivity contribution is 0.304. The summed E-state index contributed by atoms with van der Waals surface area (Å²) in [6.07, 6.45) is 9.43. The number of nitrogens with zero attached hydrogens (tertiary/aromatic N) is 2. The van der Waals surface area contributed by atoms with Crippen molar-refractivity contribution in [1.82, 2.24) is 4.98 Å². The van der Waals surface area contributed by atoms with Gasteiger partial charge in [0.15, 0.2) is 0 Å². The first kappa shape index (κ1) is 23.8. The number of hydrogen-bond acceptors (Lipinski definition) is 4. The Morgan fingerprint density at radius 3 is 2.50 bits per heavy atom. The van der Waals surface area contributed by atoms with E-state index in [1.165, 1.54) is 54.6 Å². The van der Waals surface area contributed by atoms with Gasteiger partial charge in [0.25, 0.3) is 0 Å². The van der Waals surface area contributed by atoms with Crippen LogP contribution in [0.4, 0.5) is 0 Å². The number of allylic oxidation sites excluding steroid dienone is 1. The van der Waals surface area contributed by atoms with E-state index in [9.17, 15) is 5.26 Å². The third-order valence-electron chi connectivity index (χ3n) is 5.47. The van der Waals surface area contributed by atoms with Gasteiger partial charge >= 0.3 is 0 Å². The minimum Gasteiger partial charge on any atom is -0.494 e. The number of benzene rings is 2. The number of aryl methyl sites for hydroxylation is 2. The Hall–Kier alpha value is -2.90. The molecule has 0 aliphatic heterocycles. The van der Waals surface area contributed by atoms with Gasteiger partial charge in [0.05, 0.1) is 17.9 Å². The number of aromatic nitrogens is 1. The summed E-state index contributed by atoms with van der Waals surface area (Å²) >= 11 is 1.51. The molecule has 166 valence electrons. The van der Waals surface area contributed by atoms with Gasteiger partial charge in [0.1, 0.15) is 16.8 Å². The fourth-order valence-corrected chi connectivity index (χ4v) is 4.45. The fourth-order valence-electron chi connectivity index (χ4n) is 3.66. The zero-order chi connectivity index (χ0) is 22.8. The number of rotatable bonds is 11. The van der Waals surface area contributed by atoms with Crippen LogP contribution >= 0.6 is 11.3 Å². The normalized spacial score (nSPS) is 11.4. The Balaban J connectivity index is 1.61. The Kier molecular flexibility index (Phi) is 9.07. The lowest BCUT2D eigenvalue weighted by Gasteiger charge is -2.06. The molecule has 0 spiro atoms. The Bertz CT molecular complexity index is 1070. The third-order valence-corrected chi connectivity index (χ3v) is 6.35. The molecule has 0 amide bonds. The van der Waals surface area contributed by atoms with Gasteiger partial charge in [-0.1, -0.05) is 74.9 Å². The minimum atomic E-state index is 0.576. The van der Waals surface area contributed by atoms with Crippen LogP contribution in [0.2, 0.25) is 0 Å². The summed E-state index contributed by atoms with van der Waals surface area (Å²) in [4.78, 5) is 4.74. The van der Waals surface area contributed by atoms with Crippen LogP contribution in [0, 0.1) is 25.2 Å². The van der Waals surface area contributed by atoms with Crippen molar-refractivity contribution in [2.45, 2.75) is 59.3 Å². The zero-order valence-electron chi connectivity index (χ0n) is 19.4. The molecule has 4 heteroatoms. The SMILES string of the molecule is CCCCCCCCOc1ccc(C=C(C#N)c2nc(-c3ccc(C)cc3C)cs2)cc1. The van der Waals surface area contributed by atoms with Gasteiger partial charge in [-0.25, -0.2) is 4.98 Å². The smallest absolute Gasteiger partial charge is 0.134 e. The second-order valence-electron chi connectivity index (χ2n) is 8.21. The van der Waals surface area contributed by atoms with E-state index in [2.05, 4.69) is 45.0 Å². The van der Waals surface area contributed by atoms with E-state index in [4.69, 9.17) is 9.72 Å². The maximum absolute atomic E-state index is 9.71. The van der Waals surface area contributed by atoms with Crippen LogP contribution in [0.3, 0.4) is 0 Å². The molecule has 1 aromatic heterocycles. The molecule has 3 aromatic rings. The third kappa shape index (κ3) is 6.80. The molecule has 0 aliphatic carbocycles. The first-order chi connectivity index (χ1) is 15.6.